The molecule has 0 saturated carbocycles. The maximum atomic E-state index is 12.7. The van der Waals surface area contributed by atoms with Crippen molar-refractivity contribution in [3.8, 4) is 0 Å². The Balaban J connectivity index is 1.77. The fraction of sp³-hybridized carbons (Fsp3) is 0.526. The highest BCUT2D eigenvalue weighted by Crippen LogP contribution is 2.17. The summed E-state index contributed by atoms with van der Waals surface area (Å²) in [6, 6.07) is 7.66. The number of nitrogens with zero attached hydrogens (tertiary/aromatic N) is 4. The fourth-order valence-corrected chi connectivity index (χ4v) is 3.48. The van der Waals surface area contributed by atoms with Gasteiger partial charge < -0.3 is 14.4 Å². The maximum absolute atomic E-state index is 12.7. The number of hydrogen-bond donors (Lipinski definition) is 0. The predicted molar refractivity (Wildman–Crippen MR) is 99.8 cm³/mol. The number of rotatable bonds is 4. The van der Waals surface area contributed by atoms with Gasteiger partial charge in [-0.1, -0.05) is 32.4 Å². The van der Waals surface area contributed by atoms with Gasteiger partial charge in [0.2, 0.25) is 5.91 Å². The van der Waals surface area contributed by atoms with Crippen molar-refractivity contribution in [2.24, 2.45) is 13.0 Å². The van der Waals surface area contributed by atoms with E-state index in [2.05, 4.69) is 11.9 Å². The molecule has 6 nitrogen and oxygen atoms in total. The van der Waals surface area contributed by atoms with Crippen molar-refractivity contribution in [2.45, 2.75) is 26.7 Å². The molecule has 134 valence electrons. The summed E-state index contributed by atoms with van der Waals surface area (Å²) in [7, 11) is 1.78. The second-order valence-corrected chi connectivity index (χ2v) is 6.79. The molecule has 1 atom stereocenters. The summed E-state index contributed by atoms with van der Waals surface area (Å²) in [4.78, 5) is 33.6. The minimum Gasteiger partial charge on any atom is -0.348 e. The topological polar surface area (TPSA) is 58.4 Å². The number of fused-ring (bicyclic) bond motifs is 1. The van der Waals surface area contributed by atoms with Gasteiger partial charge in [-0.25, -0.2) is 4.98 Å². The van der Waals surface area contributed by atoms with Gasteiger partial charge in [-0.15, -0.1) is 0 Å². The molecule has 0 N–H and O–H groups in total. The first-order valence-corrected chi connectivity index (χ1v) is 9.02. The third kappa shape index (κ3) is 3.38. The van der Waals surface area contributed by atoms with Crippen molar-refractivity contribution in [1.29, 1.82) is 0 Å². The lowest BCUT2D eigenvalue weighted by Crippen LogP contribution is -2.51. The van der Waals surface area contributed by atoms with Crippen LogP contribution in [0.25, 0.3) is 11.0 Å². The van der Waals surface area contributed by atoms with E-state index < -0.39 is 0 Å². The SMILES string of the molecule is CCCC(C)C(=O)N1CCN(c2nc3ccccc3n(C)c2=O)CC1. The molecule has 1 saturated heterocycles. The average molecular weight is 342 g/mol. The Morgan fingerprint density at radius 3 is 2.56 bits per heavy atom. The molecule has 1 unspecified atom stereocenters. The lowest BCUT2D eigenvalue weighted by atomic mass is 10.0. The molecule has 1 aromatic heterocycles. The van der Waals surface area contributed by atoms with Gasteiger partial charge in [0.05, 0.1) is 11.0 Å². The van der Waals surface area contributed by atoms with E-state index in [1.807, 2.05) is 41.0 Å². The Bertz CT molecular complexity index is 822. The third-order valence-corrected chi connectivity index (χ3v) is 5.00. The lowest BCUT2D eigenvalue weighted by molar-refractivity contribution is -0.135. The van der Waals surface area contributed by atoms with Crippen LogP contribution < -0.4 is 10.5 Å². The molecule has 25 heavy (non-hydrogen) atoms. The molecule has 2 aromatic rings. The Kier molecular flexibility index (Phi) is 5.06. The Morgan fingerprint density at radius 2 is 1.88 bits per heavy atom. The molecule has 1 fully saturated rings. The van der Waals surface area contributed by atoms with Gasteiger partial charge in [0, 0.05) is 39.1 Å². The van der Waals surface area contributed by atoms with Crippen molar-refractivity contribution in [2.75, 3.05) is 31.1 Å². The van der Waals surface area contributed by atoms with E-state index in [1.54, 1.807) is 11.6 Å². The average Bonchev–Trinajstić information content (AvgIpc) is 2.64. The van der Waals surface area contributed by atoms with E-state index in [9.17, 15) is 9.59 Å². The minimum atomic E-state index is -0.0853. The summed E-state index contributed by atoms with van der Waals surface area (Å²) in [5.74, 6) is 0.777. The first kappa shape index (κ1) is 17.5. The van der Waals surface area contributed by atoms with E-state index in [0.717, 1.165) is 23.9 Å². The van der Waals surface area contributed by atoms with E-state index in [-0.39, 0.29) is 17.4 Å². The molecular weight excluding hydrogens is 316 g/mol. The number of hydrogen-bond acceptors (Lipinski definition) is 4. The van der Waals surface area contributed by atoms with Crippen LogP contribution in [-0.4, -0.2) is 46.5 Å². The molecule has 0 spiro atoms. The zero-order chi connectivity index (χ0) is 18.0. The summed E-state index contributed by atoms with van der Waals surface area (Å²) in [6.45, 7) is 6.67. The van der Waals surface area contributed by atoms with E-state index in [1.165, 1.54) is 0 Å². The van der Waals surface area contributed by atoms with Crippen LogP contribution in [0.4, 0.5) is 5.82 Å². The number of piperazine rings is 1. The monoisotopic (exact) mass is 342 g/mol. The summed E-state index contributed by atoms with van der Waals surface area (Å²) < 4.78 is 1.65. The summed E-state index contributed by atoms with van der Waals surface area (Å²) in [6.07, 6.45) is 1.94. The normalized spacial score (nSPS) is 16.3. The second kappa shape index (κ2) is 7.25. The molecule has 3 rings (SSSR count). The van der Waals surface area contributed by atoms with Crippen LogP contribution in [0, 0.1) is 5.92 Å². The highest BCUT2D eigenvalue weighted by Gasteiger charge is 2.26. The molecule has 1 aliphatic heterocycles. The van der Waals surface area contributed by atoms with Crippen molar-refractivity contribution < 1.29 is 4.79 Å². The molecule has 1 aromatic carbocycles. The van der Waals surface area contributed by atoms with Gasteiger partial charge in [-0.05, 0) is 18.6 Å². The zero-order valence-corrected chi connectivity index (χ0v) is 15.2. The van der Waals surface area contributed by atoms with E-state index in [0.29, 0.717) is 32.0 Å². The number of benzene rings is 1. The zero-order valence-electron chi connectivity index (χ0n) is 15.2. The summed E-state index contributed by atoms with van der Waals surface area (Å²) >= 11 is 0. The Labute approximate surface area is 148 Å². The molecule has 6 heteroatoms. The van der Waals surface area contributed by atoms with Crippen molar-refractivity contribution in [3.05, 3.63) is 34.6 Å². The number of carbonyl (C=O) groups is 1. The van der Waals surface area contributed by atoms with Crippen LogP contribution in [0.15, 0.2) is 29.1 Å². The first-order valence-electron chi connectivity index (χ1n) is 9.02. The van der Waals surface area contributed by atoms with Gasteiger partial charge >= 0.3 is 0 Å². The van der Waals surface area contributed by atoms with Crippen molar-refractivity contribution in [3.63, 3.8) is 0 Å². The molecule has 0 radical (unpaired) electrons. The van der Waals surface area contributed by atoms with Crippen LogP contribution in [0.1, 0.15) is 26.7 Å². The molecule has 0 aliphatic carbocycles. The number of carbonyl (C=O) groups excluding carboxylic acids is 1. The fourth-order valence-electron chi connectivity index (χ4n) is 3.48. The molecule has 1 amide bonds. The van der Waals surface area contributed by atoms with Crippen LogP contribution >= 0.6 is 0 Å². The van der Waals surface area contributed by atoms with E-state index in [4.69, 9.17) is 0 Å². The molecule has 0 bridgehead atoms. The number of para-hydroxylation sites is 2. The summed E-state index contributed by atoms with van der Waals surface area (Å²) in [5, 5.41) is 0. The van der Waals surface area contributed by atoms with E-state index >= 15 is 0 Å². The van der Waals surface area contributed by atoms with Gasteiger partial charge in [0.15, 0.2) is 5.82 Å². The van der Waals surface area contributed by atoms with Crippen LogP contribution in [-0.2, 0) is 11.8 Å². The van der Waals surface area contributed by atoms with Gasteiger partial charge in [0.25, 0.3) is 5.56 Å². The minimum absolute atomic E-state index is 0.0724. The first-order chi connectivity index (χ1) is 12.0. The molecule has 2 heterocycles. The van der Waals surface area contributed by atoms with Gasteiger partial charge in [-0.2, -0.15) is 0 Å². The number of aromatic nitrogens is 2. The van der Waals surface area contributed by atoms with Gasteiger partial charge in [-0.3, -0.25) is 9.59 Å². The smallest absolute Gasteiger partial charge is 0.293 e. The third-order valence-electron chi connectivity index (χ3n) is 5.00. The van der Waals surface area contributed by atoms with Gasteiger partial charge in [0.1, 0.15) is 0 Å². The number of amides is 1. The van der Waals surface area contributed by atoms with Crippen LogP contribution in [0.5, 0.6) is 0 Å². The van der Waals surface area contributed by atoms with Crippen LogP contribution in [0.2, 0.25) is 0 Å². The Hall–Kier alpha value is -2.37. The number of anilines is 1. The largest absolute Gasteiger partial charge is 0.348 e. The highest BCUT2D eigenvalue weighted by atomic mass is 16.2. The predicted octanol–water partition coefficient (Wildman–Crippen LogP) is 2.02. The standard InChI is InChI=1S/C19H26N4O2/c1-4-7-14(2)18(24)23-12-10-22(11-13-23)17-19(25)21(3)16-9-6-5-8-15(16)20-17/h5-6,8-9,14H,4,7,10-13H2,1-3H3. The summed E-state index contributed by atoms with van der Waals surface area (Å²) in [5.41, 5.74) is 1.56. The quantitative estimate of drug-likeness (QED) is 0.853. The van der Waals surface area contributed by atoms with Crippen molar-refractivity contribution in [1.82, 2.24) is 14.5 Å². The maximum Gasteiger partial charge on any atom is 0.293 e. The highest BCUT2D eigenvalue weighted by molar-refractivity contribution is 5.79. The second-order valence-electron chi connectivity index (χ2n) is 6.79. The number of aryl methyl sites for hydroxylation is 1. The molecule has 1 aliphatic rings. The molecular formula is C19H26N4O2. The Morgan fingerprint density at radius 1 is 1.20 bits per heavy atom. The van der Waals surface area contributed by atoms with Crippen LogP contribution in [0.3, 0.4) is 0 Å². The lowest BCUT2D eigenvalue weighted by Gasteiger charge is -2.36. The van der Waals surface area contributed by atoms with Crippen molar-refractivity contribution >= 4 is 22.8 Å².